The molecular weight excluding hydrogens is 677 g/mol. The van der Waals surface area contributed by atoms with E-state index in [4.69, 9.17) is 14.5 Å². The number of benzene rings is 5. The van der Waals surface area contributed by atoms with Gasteiger partial charge in [0.05, 0.1) is 46.3 Å². The lowest BCUT2D eigenvalue weighted by atomic mass is 9.97. The summed E-state index contributed by atoms with van der Waals surface area (Å²) in [7, 11) is 0. The highest BCUT2D eigenvalue weighted by Crippen LogP contribution is 2.41. The Kier molecular flexibility index (Phi) is 9.83. The lowest BCUT2D eigenvalue weighted by Crippen LogP contribution is -2.31. The Bertz CT molecular complexity index is 2260. The van der Waals surface area contributed by atoms with Crippen LogP contribution in [-0.4, -0.2) is 37.8 Å². The minimum absolute atomic E-state index is 0.0000424. The maximum atomic E-state index is 13.0. The molecule has 0 radical (unpaired) electrons. The maximum Gasteiger partial charge on any atom is 0.271 e. The number of aliphatic hydroxyl groups excluding tert-OH is 1. The van der Waals surface area contributed by atoms with E-state index in [0.717, 1.165) is 54.5 Å². The highest BCUT2D eigenvalue weighted by molar-refractivity contribution is 8.01. The maximum absolute atomic E-state index is 13.0. The molecule has 51 heavy (non-hydrogen) atoms. The van der Waals surface area contributed by atoms with Gasteiger partial charge in [-0.2, -0.15) is 0 Å². The lowest BCUT2D eigenvalue weighted by Gasteiger charge is -2.36. The van der Waals surface area contributed by atoms with Crippen LogP contribution in [0.5, 0.6) is 0 Å². The van der Waals surface area contributed by atoms with Gasteiger partial charge in [-0.15, -0.1) is 11.3 Å². The van der Waals surface area contributed by atoms with Gasteiger partial charge in [0.1, 0.15) is 5.69 Å². The summed E-state index contributed by atoms with van der Waals surface area (Å²) in [5, 5.41) is 12.6. The van der Waals surface area contributed by atoms with Gasteiger partial charge in [0, 0.05) is 24.3 Å². The molecule has 0 spiro atoms. The zero-order valence-electron chi connectivity index (χ0n) is 27.5. The normalized spacial score (nSPS) is 17.5. The van der Waals surface area contributed by atoms with Crippen molar-refractivity contribution in [2.24, 2.45) is 0 Å². The van der Waals surface area contributed by atoms with E-state index in [0.29, 0.717) is 18.5 Å². The largest absolute Gasteiger partial charge is 0.392 e. The van der Waals surface area contributed by atoms with Crippen LogP contribution in [0.2, 0.25) is 0 Å². The van der Waals surface area contributed by atoms with Crippen molar-refractivity contribution in [2.75, 3.05) is 5.75 Å². The average Bonchev–Trinajstić information content (AvgIpc) is 3.62. The topological polar surface area (TPSA) is 106 Å². The molecule has 0 bridgehead atoms. The van der Waals surface area contributed by atoms with Gasteiger partial charge in [0.2, 0.25) is 0 Å². The van der Waals surface area contributed by atoms with Crippen molar-refractivity contribution in [3.05, 3.63) is 155 Å². The monoisotopic (exact) mass is 710 g/mol. The molecule has 1 aliphatic heterocycles. The van der Waals surface area contributed by atoms with Crippen molar-refractivity contribution in [3.63, 3.8) is 0 Å². The third-order valence-electron chi connectivity index (χ3n) is 8.91. The van der Waals surface area contributed by atoms with Crippen LogP contribution < -0.4 is 5.32 Å². The molecule has 0 saturated carbocycles. The second-order valence-electron chi connectivity index (χ2n) is 12.3. The van der Waals surface area contributed by atoms with E-state index in [9.17, 15) is 9.90 Å². The fourth-order valence-corrected chi connectivity index (χ4v) is 8.32. The van der Waals surface area contributed by atoms with Crippen LogP contribution in [0.15, 0.2) is 132 Å². The van der Waals surface area contributed by atoms with Crippen LogP contribution in [0.4, 0.5) is 0 Å². The number of nitrogens with one attached hydrogen (secondary N) is 1. The number of carbonyl (C=O) groups is 1. The molecule has 1 aliphatic rings. The van der Waals surface area contributed by atoms with Gasteiger partial charge in [-0.25, -0.2) is 9.97 Å². The number of hydrogen-bond acceptors (Lipinski definition) is 9. The predicted molar refractivity (Wildman–Crippen MR) is 201 cm³/mol. The van der Waals surface area contributed by atoms with Gasteiger partial charge in [-0.05, 0) is 52.1 Å². The van der Waals surface area contributed by atoms with Gasteiger partial charge in [0.25, 0.3) is 5.91 Å². The van der Waals surface area contributed by atoms with E-state index in [1.54, 1.807) is 23.1 Å². The number of thioether (sulfide) groups is 1. The molecule has 10 heteroatoms. The zero-order valence-corrected chi connectivity index (χ0v) is 29.1. The van der Waals surface area contributed by atoms with E-state index in [-0.39, 0.29) is 30.4 Å². The van der Waals surface area contributed by atoms with E-state index in [1.807, 2.05) is 84.9 Å². The van der Waals surface area contributed by atoms with Gasteiger partial charge < -0.3 is 19.9 Å². The molecule has 8 rings (SSSR count). The first-order valence-electron chi connectivity index (χ1n) is 16.8. The molecule has 0 aliphatic carbocycles. The summed E-state index contributed by atoms with van der Waals surface area (Å²) in [6, 6.07) is 39.9. The van der Waals surface area contributed by atoms with Crippen LogP contribution in [0, 0.1) is 0 Å². The van der Waals surface area contributed by atoms with Crippen molar-refractivity contribution in [1.82, 2.24) is 20.3 Å². The van der Waals surface area contributed by atoms with Crippen LogP contribution in [0.1, 0.15) is 51.6 Å². The van der Waals surface area contributed by atoms with Crippen LogP contribution in [0.25, 0.3) is 32.4 Å². The summed E-state index contributed by atoms with van der Waals surface area (Å²) >= 11 is 3.42. The van der Waals surface area contributed by atoms with E-state index < -0.39 is 6.29 Å². The second kappa shape index (κ2) is 15.1. The fourth-order valence-electron chi connectivity index (χ4n) is 6.21. The van der Waals surface area contributed by atoms with Gasteiger partial charge in [-0.1, -0.05) is 109 Å². The molecule has 8 nitrogen and oxygen atoms in total. The molecular formula is C41H34N4O4S2. The highest BCUT2D eigenvalue weighted by Gasteiger charge is 2.32. The Morgan fingerprint density at radius 1 is 0.804 bits per heavy atom. The zero-order chi connectivity index (χ0) is 34.6. The number of aromatic nitrogens is 3. The molecule has 1 saturated heterocycles. The molecule has 3 heterocycles. The number of para-hydroxylation sites is 3. The van der Waals surface area contributed by atoms with Crippen molar-refractivity contribution >= 4 is 50.3 Å². The fraction of sp³-hybridized carbons (Fsp3) is 0.171. The number of ether oxygens (including phenoxy) is 2. The van der Waals surface area contributed by atoms with Crippen LogP contribution in [0.3, 0.4) is 0 Å². The summed E-state index contributed by atoms with van der Waals surface area (Å²) in [6.45, 7) is 0.338. The first-order valence-corrected chi connectivity index (χ1v) is 18.6. The van der Waals surface area contributed by atoms with E-state index in [2.05, 4.69) is 51.7 Å². The molecule has 3 unspecified atom stereocenters. The standard InChI is InChI=1S/C41H34N4O4S2/c46-24-26-13-15-28(16-14-26)37-21-31(25-50-41-45-35-11-5-6-12-38(35)51-41)48-40(49-37)29-19-17-27(18-20-29)32-8-2-1-7-30(32)22-43-39(47)36-23-42-33-9-3-4-10-34(33)44-36/h1-20,23,31,37,40,46H,21-22,24-25H2,(H,43,47). The number of fused-ring (bicyclic) bond motifs is 2. The Morgan fingerprint density at radius 2 is 1.53 bits per heavy atom. The van der Waals surface area contributed by atoms with Gasteiger partial charge in [0.15, 0.2) is 10.6 Å². The van der Waals surface area contributed by atoms with Crippen molar-refractivity contribution in [3.8, 4) is 11.1 Å². The molecule has 2 N–H and O–H groups in total. The number of thiazole rings is 1. The Hall–Kier alpha value is -4.97. The number of hydrogen-bond donors (Lipinski definition) is 2. The third-order valence-corrected chi connectivity index (χ3v) is 11.2. The summed E-state index contributed by atoms with van der Waals surface area (Å²) in [5.41, 5.74) is 8.58. The van der Waals surface area contributed by atoms with Crippen molar-refractivity contribution in [1.29, 1.82) is 0 Å². The molecule has 5 aromatic carbocycles. The summed E-state index contributed by atoms with van der Waals surface area (Å²) < 4.78 is 15.4. The number of amides is 1. The van der Waals surface area contributed by atoms with Gasteiger partial charge in [-0.3, -0.25) is 9.78 Å². The van der Waals surface area contributed by atoms with E-state index in [1.165, 1.54) is 10.9 Å². The number of aliphatic hydroxyl groups is 1. The molecule has 1 amide bonds. The summed E-state index contributed by atoms with van der Waals surface area (Å²) in [5.74, 6) is 0.466. The quantitative estimate of drug-likeness (QED) is 0.136. The first kappa shape index (κ1) is 33.2. The van der Waals surface area contributed by atoms with Crippen molar-refractivity contribution in [2.45, 2.75) is 42.4 Å². The lowest BCUT2D eigenvalue weighted by molar-refractivity contribution is -0.245. The average molecular weight is 711 g/mol. The Balaban J connectivity index is 0.985. The Morgan fingerprint density at radius 3 is 2.33 bits per heavy atom. The molecule has 2 aromatic heterocycles. The van der Waals surface area contributed by atoms with Crippen LogP contribution >= 0.6 is 23.1 Å². The number of carbonyl (C=O) groups excluding carboxylic acids is 1. The summed E-state index contributed by atoms with van der Waals surface area (Å²) in [6.07, 6.45) is 1.41. The predicted octanol–water partition coefficient (Wildman–Crippen LogP) is 8.67. The SMILES string of the molecule is O=C(NCc1ccccc1-c1ccc(C2OC(CSc3nc4ccccc4s3)CC(c3ccc(CO)cc3)O2)cc1)c1cnc2ccccc2n1. The number of nitrogens with zero attached hydrogens (tertiary/aromatic N) is 3. The smallest absolute Gasteiger partial charge is 0.271 e. The molecule has 254 valence electrons. The second-order valence-corrected chi connectivity index (χ2v) is 14.6. The first-order chi connectivity index (χ1) is 25.1. The Labute approximate surface area is 303 Å². The van der Waals surface area contributed by atoms with Gasteiger partial charge >= 0.3 is 0 Å². The minimum atomic E-state index is -0.561. The summed E-state index contributed by atoms with van der Waals surface area (Å²) in [4.78, 5) is 26.7. The van der Waals surface area contributed by atoms with E-state index >= 15 is 0 Å². The number of rotatable bonds is 10. The molecule has 1 fully saturated rings. The minimum Gasteiger partial charge on any atom is -0.392 e. The molecule has 7 aromatic rings. The van der Waals surface area contributed by atoms with Crippen LogP contribution in [-0.2, 0) is 22.6 Å². The van der Waals surface area contributed by atoms with Crippen molar-refractivity contribution < 1.29 is 19.4 Å². The third kappa shape index (κ3) is 7.56. The molecule has 3 atom stereocenters. The highest BCUT2D eigenvalue weighted by atomic mass is 32.2.